The van der Waals surface area contributed by atoms with Gasteiger partial charge < -0.3 is 9.84 Å². The van der Waals surface area contributed by atoms with Gasteiger partial charge in [0.1, 0.15) is 6.42 Å². The molecule has 0 spiro atoms. The van der Waals surface area contributed by atoms with Gasteiger partial charge in [0, 0.05) is 10.4 Å². The van der Waals surface area contributed by atoms with Gasteiger partial charge in [-0.25, -0.2) is 0 Å². The maximum Gasteiger partial charge on any atom is 0.317 e. The second kappa shape index (κ2) is 5.43. The summed E-state index contributed by atoms with van der Waals surface area (Å²) in [4.78, 5) is 11.5. The minimum absolute atomic E-state index is 0.0140. The lowest BCUT2D eigenvalue weighted by molar-refractivity contribution is -0.139. The number of aliphatic hydroxyl groups is 1. The first-order valence-electron chi connectivity index (χ1n) is 4.01. The number of rotatable bonds is 2. The largest absolute Gasteiger partial charge is 0.468 e. The van der Waals surface area contributed by atoms with Gasteiger partial charge in [0.25, 0.3) is 0 Å². The Labute approximate surface area is 86.3 Å². The second-order valence-electron chi connectivity index (χ2n) is 2.47. The lowest BCUT2D eigenvalue weighted by atomic mass is 10.2. The monoisotopic (exact) mass is 210 g/mol. The van der Waals surface area contributed by atoms with E-state index in [2.05, 4.69) is 16.6 Å². The quantitative estimate of drug-likeness (QED) is 0.588. The molecule has 0 bridgehead atoms. The number of hydrogen-bond donors (Lipinski definition) is 1. The fraction of sp³-hybridized carbons (Fsp3) is 0.300. The smallest absolute Gasteiger partial charge is 0.317 e. The summed E-state index contributed by atoms with van der Waals surface area (Å²) in [7, 11) is 1.33. The molecule has 0 atom stereocenters. The van der Waals surface area contributed by atoms with Gasteiger partial charge in [0.05, 0.1) is 13.7 Å². The molecule has 4 heteroatoms. The molecule has 0 aliphatic rings. The average molecular weight is 210 g/mol. The fourth-order valence-electron chi connectivity index (χ4n) is 0.858. The van der Waals surface area contributed by atoms with Gasteiger partial charge in [0.15, 0.2) is 0 Å². The molecule has 1 aromatic rings. The van der Waals surface area contributed by atoms with Gasteiger partial charge in [-0.1, -0.05) is 11.8 Å². The van der Waals surface area contributed by atoms with E-state index in [4.69, 9.17) is 5.11 Å². The Morgan fingerprint density at radius 1 is 1.71 bits per heavy atom. The number of carbonyl (C=O) groups excluding carboxylic acids is 1. The van der Waals surface area contributed by atoms with Crippen molar-refractivity contribution < 1.29 is 14.6 Å². The molecule has 14 heavy (non-hydrogen) atoms. The molecule has 0 saturated carbocycles. The third-order valence-electron chi connectivity index (χ3n) is 1.57. The predicted octanol–water partition coefficient (Wildman–Crippen LogP) is 1.16. The van der Waals surface area contributed by atoms with Crippen molar-refractivity contribution in [3.05, 3.63) is 21.9 Å². The van der Waals surface area contributed by atoms with Crippen molar-refractivity contribution >= 4 is 17.3 Å². The number of methoxy groups -OCH3 is 1. The van der Waals surface area contributed by atoms with Crippen LogP contribution < -0.4 is 0 Å². The molecule has 0 aromatic carbocycles. The average Bonchev–Trinajstić information content (AvgIpc) is 2.65. The molecule has 1 rings (SSSR count). The van der Waals surface area contributed by atoms with Crippen molar-refractivity contribution in [1.82, 2.24) is 0 Å². The lowest BCUT2D eigenvalue weighted by Gasteiger charge is -1.90. The molecule has 0 amide bonds. The van der Waals surface area contributed by atoms with Crippen molar-refractivity contribution in [2.24, 2.45) is 0 Å². The molecular weight excluding hydrogens is 200 g/mol. The SMILES string of the molecule is COC(=O)CC#Cc1ccsc1CO. The van der Waals surface area contributed by atoms with Gasteiger partial charge >= 0.3 is 5.97 Å². The minimum Gasteiger partial charge on any atom is -0.468 e. The fourth-order valence-corrected chi connectivity index (χ4v) is 1.55. The Morgan fingerprint density at radius 3 is 3.14 bits per heavy atom. The molecule has 1 N–H and O–H groups in total. The van der Waals surface area contributed by atoms with Crippen LogP contribution in [0.4, 0.5) is 0 Å². The van der Waals surface area contributed by atoms with E-state index < -0.39 is 0 Å². The summed E-state index contributed by atoms with van der Waals surface area (Å²) < 4.78 is 4.44. The number of esters is 1. The molecule has 1 heterocycles. The summed E-state index contributed by atoms with van der Waals surface area (Å²) in [6.07, 6.45) is 0.0806. The van der Waals surface area contributed by atoms with Crippen LogP contribution in [0.1, 0.15) is 16.9 Å². The highest BCUT2D eigenvalue weighted by Crippen LogP contribution is 2.14. The first-order chi connectivity index (χ1) is 6.77. The van der Waals surface area contributed by atoms with E-state index in [1.807, 2.05) is 11.4 Å². The van der Waals surface area contributed by atoms with Gasteiger partial charge in [-0.3, -0.25) is 4.79 Å². The molecule has 0 aliphatic carbocycles. The van der Waals surface area contributed by atoms with Crippen molar-refractivity contribution in [1.29, 1.82) is 0 Å². The third kappa shape index (κ3) is 2.87. The summed E-state index contributed by atoms with van der Waals surface area (Å²) >= 11 is 1.45. The van der Waals surface area contributed by atoms with Crippen LogP contribution in [0.3, 0.4) is 0 Å². The second-order valence-corrected chi connectivity index (χ2v) is 3.47. The van der Waals surface area contributed by atoms with Gasteiger partial charge in [-0.2, -0.15) is 0 Å². The third-order valence-corrected chi connectivity index (χ3v) is 2.48. The first-order valence-corrected chi connectivity index (χ1v) is 4.88. The summed E-state index contributed by atoms with van der Waals surface area (Å²) in [6, 6.07) is 1.82. The van der Waals surface area contributed by atoms with Crippen LogP contribution in [0.15, 0.2) is 11.4 Å². The highest BCUT2D eigenvalue weighted by molar-refractivity contribution is 7.10. The molecule has 0 fully saturated rings. The summed E-state index contributed by atoms with van der Waals surface area (Å²) in [6.45, 7) is -0.0140. The lowest BCUT2D eigenvalue weighted by Crippen LogP contribution is -1.97. The van der Waals surface area contributed by atoms with Gasteiger partial charge in [0.2, 0.25) is 0 Å². The highest BCUT2D eigenvalue weighted by atomic mass is 32.1. The normalized spacial score (nSPS) is 9.00. The number of ether oxygens (including phenoxy) is 1. The maximum atomic E-state index is 10.7. The van der Waals surface area contributed by atoms with Crippen molar-refractivity contribution in [3.8, 4) is 11.8 Å². The van der Waals surface area contributed by atoms with E-state index in [1.165, 1.54) is 18.4 Å². The Bertz CT molecular complexity index is 370. The number of carbonyl (C=O) groups is 1. The summed E-state index contributed by atoms with van der Waals surface area (Å²) in [5, 5.41) is 10.8. The molecule has 1 aromatic heterocycles. The standard InChI is InChI=1S/C10H10O3S/c1-13-10(12)4-2-3-8-5-6-14-9(8)7-11/h5-6,11H,4,7H2,1H3. The Hall–Kier alpha value is -1.31. The van der Waals surface area contributed by atoms with Gasteiger partial charge in [-0.15, -0.1) is 11.3 Å². The van der Waals surface area contributed by atoms with E-state index in [1.54, 1.807) is 0 Å². The molecular formula is C10H10O3S. The first kappa shape index (κ1) is 10.8. The topological polar surface area (TPSA) is 46.5 Å². The highest BCUT2D eigenvalue weighted by Gasteiger charge is 1.99. The van der Waals surface area contributed by atoms with E-state index in [0.717, 1.165) is 10.4 Å². The number of aliphatic hydroxyl groups excluding tert-OH is 1. The van der Waals surface area contributed by atoms with Crippen LogP contribution in [0, 0.1) is 11.8 Å². The minimum atomic E-state index is -0.349. The van der Waals surface area contributed by atoms with E-state index in [0.29, 0.717) is 0 Å². The summed E-state index contributed by atoms with van der Waals surface area (Å²) in [5.74, 6) is 5.14. The van der Waals surface area contributed by atoms with Crippen molar-refractivity contribution in [2.75, 3.05) is 7.11 Å². The Morgan fingerprint density at radius 2 is 2.50 bits per heavy atom. The molecule has 0 aliphatic heterocycles. The van der Waals surface area contributed by atoms with Gasteiger partial charge in [-0.05, 0) is 11.4 Å². The van der Waals surface area contributed by atoms with E-state index >= 15 is 0 Å². The summed E-state index contributed by atoms with van der Waals surface area (Å²) in [5.41, 5.74) is 0.779. The van der Waals surface area contributed by atoms with Crippen LogP contribution in [0.2, 0.25) is 0 Å². The zero-order valence-corrected chi connectivity index (χ0v) is 8.56. The van der Waals surface area contributed by atoms with Crippen LogP contribution >= 0.6 is 11.3 Å². The predicted molar refractivity (Wildman–Crippen MR) is 53.8 cm³/mol. The molecule has 74 valence electrons. The van der Waals surface area contributed by atoms with Crippen LogP contribution in [-0.4, -0.2) is 18.2 Å². The number of thiophene rings is 1. The van der Waals surface area contributed by atoms with Crippen molar-refractivity contribution in [3.63, 3.8) is 0 Å². The van der Waals surface area contributed by atoms with E-state index in [9.17, 15) is 4.79 Å². The van der Waals surface area contributed by atoms with Crippen LogP contribution in [0.5, 0.6) is 0 Å². The molecule has 0 unspecified atom stereocenters. The van der Waals surface area contributed by atoms with E-state index in [-0.39, 0.29) is 19.0 Å². The zero-order chi connectivity index (χ0) is 10.4. The van der Waals surface area contributed by atoms with Crippen LogP contribution in [0.25, 0.3) is 0 Å². The Kier molecular flexibility index (Phi) is 4.17. The maximum absolute atomic E-state index is 10.7. The van der Waals surface area contributed by atoms with Crippen LogP contribution in [-0.2, 0) is 16.1 Å². The number of hydrogen-bond acceptors (Lipinski definition) is 4. The molecule has 0 saturated heterocycles. The molecule has 3 nitrogen and oxygen atoms in total. The zero-order valence-electron chi connectivity index (χ0n) is 7.74. The van der Waals surface area contributed by atoms with Crippen molar-refractivity contribution in [2.45, 2.75) is 13.0 Å². The Balaban J connectivity index is 2.63. The molecule has 0 radical (unpaired) electrons.